The Hall–Kier alpha value is -3.43. The number of nitrogens with two attached hydrogens (primary N) is 1. The van der Waals surface area contributed by atoms with E-state index in [1.54, 1.807) is 27.0 Å². The minimum atomic E-state index is -0.817. The average Bonchev–Trinajstić information content (AvgIpc) is 2.73. The smallest absolute Gasteiger partial charge is 0.407 e. The SMILES string of the molecule is CC[C@H](NC(=O)OC(C)(C)C)[C@@H](CC)Nc1nc(Nc2cnc(C)c(C)c2)c(C(N)=O)cc1F. The number of amides is 2. The highest BCUT2D eigenvalue weighted by Gasteiger charge is 2.26. The van der Waals surface area contributed by atoms with Crippen LogP contribution in [0.4, 0.5) is 26.5 Å². The summed E-state index contributed by atoms with van der Waals surface area (Å²) >= 11 is 0. The lowest BCUT2D eigenvalue weighted by molar-refractivity contribution is 0.0496. The number of nitrogens with one attached hydrogen (secondary N) is 3. The van der Waals surface area contributed by atoms with E-state index in [4.69, 9.17) is 10.5 Å². The highest BCUT2D eigenvalue weighted by molar-refractivity contribution is 5.98. The van der Waals surface area contributed by atoms with E-state index in [0.29, 0.717) is 18.5 Å². The second kappa shape index (κ2) is 11.1. The van der Waals surface area contributed by atoms with Crippen molar-refractivity contribution in [2.24, 2.45) is 5.73 Å². The molecule has 0 aromatic carbocycles. The van der Waals surface area contributed by atoms with Gasteiger partial charge in [0.05, 0.1) is 23.5 Å². The number of hydrogen-bond acceptors (Lipinski definition) is 7. The molecule has 2 aromatic heterocycles. The molecule has 2 amide bonds. The predicted molar refractivity (Wildman–Crippen MR) is 131 cm³/mol. The minimum absolute atomic E-state index is 0.0689. The molecule has 0 saturated heterocycles. The van der Waals surface area contributed by atoms with Crippen molar-refractivity contribution in [2.45, 2.75) is 79.0 Å². The second-order valence-electron chi connectivity index (χ2n) is 9.15. The van der Waals surface area contributed by atoms with Gasteiger partial charge in [-0.3, -0.25) is 9.78 Å². The predicted octanol–water partition coefficient (Wildman–Crippen LogP) is 4.57. The Morgan fingerprint density at radius 3 is 2.29 bits per heavy atom. The Labute approximate surface area is 200 Å². The van der Waals surface area contributed by atoms with E-state index in [-0.39, 0.29) is 29.3 Å². The normalized spacial score (nSPS) is 13.1. The maximum absolute atomic E-state index is 14.9. The molecule has 0 spiro atoms. The Balaban J connectivity index is 2.33. The fraction of sp³-hybridized carbons (Fsp3) is 0.500. The topological polar surface area (TPSA) is 131 Å². The first-order valence-electron chi connectivity index (χ1n) is 11.3. The summed E-state index contributed by atoms with van der Waals surface area (Å²) in [7, 11) is 0. The maximum atomic E-state index is 14.9. The van der Waals surface area contributed by atoms with Crippen LogP contribution in [0.2, 0.25) is 0 Å². The third-order valence-electron chi connectivity index (χ3n) is 5.23. The van der Waals surface area contributed by atoms with Crippen LogP contribution in [0.3, 0.4) is 0 Å². The van der Waals surface area contributed by atoms with Crippen molar-refractivity contribution in [1.82, 2.24) is 15.3 Å². The number of primary amides is 1. The number of ether oxygens (including phenoxy) is 1. The quantitative estimate of drug-likeness (QED) is 0.419. The second-order valence-corrected chi connectivity index (χ2v) is 9.15. The summed E-state index contributed by atoms with van der Waals surface area (Å²) in [6.45, 7) is 12.9. The third-order valence-corrected chi connectivity index (χ3v) is 5.23. The Kier molecular flexibility index (Phi) is 8.78. The number of alkyl carbamates (subject to hydrolysis) is 1. The van der Waals surface area contributed by atoms with Crippen LogP contribution in [0.15, 0.2) is 18.3 Å². The van der Waals surface area contributed by atoms with Crippen LogP contribution in [-0.4, -0.2) is 39.7 Å². The molecule has 0 saturated carbocycles. The Morgan fingerprint density at radius 1 is 1.12 bits per heavy atom. The third kappa shape index (κ3) is 7.29. The summed E-state index contributed by atoms with van der Waals surface area (Å²) in [4.78, 5) is 32.8. The highest BCUT2D eigenvalue weighted by Crippen LogP contribution is 2.25. The summed E-state index contributed by atoms with van der Waals surface area (Å²) in [5, 5.41) is 8.91. The van der Waals surface area contributed by atoms with Gasteiger partial charge in [0.1, 0.15) is 11.4 Å². The number of carbonyl (C=O) groups excluding carboxylic acids is 2. The van der Waals surface area contributed by atoms with E-state index in [9.17, 15) is 14.0 Å². The van der Waals surface area contributed by atoms with Gasteiger partial charge in [0.15, 0.2) is 11.6 Å². The maximum Gasteiger partial charge on any atom is 0.407 e. The molecule has 2 atom stereocenters. The van der Waals surface area contributed by atoms with Crippen molar-refractivity contribution in [3.05, 3.63) is 41.0 Å². The monoisotopic (exact) mass is 474 g/mol. The van der Waals surface area contributed by atoms with E-state index in [0.717, 1.165) is 17.3 Å². The number of nitrogens with zero attached hydrogens (tertiary/aromatic N) is 2. The van der Waals surface area contributed by atoms with Crippen molar-refractivity contribution < 1.29 is 18.7 Å². The summed E-state index contributed by atoms with van der Waals surface area (Å²) in [6, 6.07) is 2.19. The zero-order valence-electron chi connectivity index (χ0n) is 20.9. The average molecular weight is 475 g/mol. The van der Waals surface area contributed by atoms with Crippen LogP contribution < -0.4 is 21.7 Å². The number of pyridine rings is 2. The van der Waals surface area contributed by atoms with Crippen LogP contribution in [0, 0.1) is 19.7 Å². The molecule has 5 N–H and O–H groups in total. The number of halogens is 1. The number of aromatic nitrogens is 2. The van der Waals surface area contributed by atoms with Crippen molar-refractivity contribution in [2.75, 3.05) is 10.6 Å². The van der Waals surface area contributed by atoms with Gasteiger partial charge in [-0.1, -0.05) is 13.8 Å². The fourth-order valence-corrected chi connectivity index (χ4v) is 3.33. The number of anilines is 3. The van der Waals surface area contributed by atoms with Crippen LogP contribution in [0.5, 0.6) is 0 Å². The van der Waals surface area contributed by atoms with Gasteiger partial charge >= 0.3 is 6.09 Å². The number of hydrogen-bond donors (Lipinski definition) is 4. The molecule has 186 valence electrons. The number of rotatable bonds is 9. The van der Waals surface area contributed by atoms with E-state index in [2.05, 4.69) is 25.9 Å². The van der Waals surface area contributed by atoms with Crippen LogP contribution >= 0.6 is 0 Å². The highest BCUT2D eigenvalue weighted by atomic mass is 19.1. The van der Waals surface area contributed by atoms with E-state index < -0.39 is 23.4 Å². The summed E-state index contributed by atoms with van der Waals surface area (Å²) in [6.07, 6.45) is 2.18. The summed E-state index contributed by atoms with van der Waals surface area (Å²) < 4.78 is 20.3. The van der Waals surface area contributed by atoms with Crippen molar-refractivity contribution >= 4 is 29.3 Å². The largest absolute Gasteiger partial charge is 0.444 e. The van der Waals surface area contributed by atoms with Gasteiger partial charge in [-0.2, -0.15) is 0 Å². The minimum Gasteiger partial charge on any atom is -0.444 e. The van der Waals surface area contributed by atoms with Gasteiger partial charge in [0, 0.05) is 11.7 Å². The molecule has 0 aliphatic carbocycles. The molecular weight excluding hydrogens is 439 g/mol. The van der Waals surface area contributed by atoms with Crippen molar-refractivity contribution in [3.63, 3.8) is 0 Å². The van der Waals surface area contributed by atoms with Gasteiger partial charge in [-0.15, -0.1) is 0 Å². The molecule has 9 nitrogen and oxygen atoms in total. The van der Waals surface area contributed by atoms with E-state index >= 15 is 0 Å². The van der Waals surface area contributed by atoms with Crippen LogP contribution in [0.25, 0.3) is 0 Å². The zero-order chi connectivity index (χ0) is 25.6. The first-order chi connectivity index (χ1) is 15.8. The lowest BCUT2D eigenvalue weighted by Gasteiger charge is -2.29. The first kappa shape index (κ1) is 26.8. The lowest BCUT2D eigenvalue weighted by atomic mass is 10.0. The molecule has 0 aliphatic rings. The first-order valence-corrected chi connectivity index (χ1v) is 11.3. The molecule has 2 aromatic rings. The van der Waals surface area contributed by atoms with Gasteiger partial charge in [0.25, 0.3) is 5.91 Å². The Morgan fingerprint density at radius 2 is 1.76 bits per heavy atom. The molecule has 0 radical (unpaired) electrons. The zero-order valence-corrected chi connectivity index (χ0v) is 20.9. The molecular formula is C24H35FN6O3. The molecule has 0 bridgehead atoms. The van der Waals surface area contributed by atoms with Crippen molar-refractivity contribution in [3.8, 4) is 0 Å². The van der Waals surface area contributed by atoms with Gasteiger partial charge in [0.2, 0.25) is 0 Å². The molecule has 0 fully saturated rings. The van der Waals surface area contributed by atoms with E-state index in [1.807, 2.05) is 33.8 Å². The Bertz CT molecular complexity index is 1040. The number of carbonyl (C=O) groups is 2. The lowest BCUT2D eigenvalue weighted by Crippen LogP contribution is -2.48. The van der Waals surface area contributed by atoms with E-state index in [1.165, 1.54) is 0 Å². The molecule has 0 aliphatic heterocycles. The summed E-state index contributed by atoms with van der Waals surface area (Å²) in [5.41, 5.74) is 7.12. The van der Waals surface area contributed by atoms with Gasteiger partial charge in [-0.25, -0.2) is 14.2 Å². The molecule has 2 heterocycles. The molecule has 2 rings (SSSR count). The fourth-order valence-electron chi connectivity index (χ4n) is 3.33. The molecule has 10 heteroatoms. The standard InChI is InChI=1S/C24H35FN6O3/c1-8-18(19(9-2)30-23(33)34-24(5,6)7)29-22-17(25)11-16(20(26)32)21(31-22)28-15-10-13(3)14(4)27-12-15/h10-12,18-19H,8-9H2,1-7H3,(H2,26,32)(H,30,33)(H2,28,29,31)/t18-,19+/m1/s1. The van der Waals surface area contributed by atoms with Gasteiger partial charge < -0.3 is 26.4 Å². The van der Waals surface area contributed by atoms with Crippen LogP contribution in [0.1, 0.15) is 69.1 Å². The van der Waals surface area contributed by atoms with Crippen LogP contribution in [-0.2, 0) is 4.74 Å². The van der Waals surface area contributed by atoms with Crippen molar-refractivity contribution in [1.29, 1.82) is 0 Å². The number of aryl methyl sites for hydroxylation is 2. The molecule has 34 heavy (non-hydrogen) atoms. The summed E-state index contributed by atoms with van der Waals surface area (Å²) in [5.74, 6) is -1.52. The molecule has 0 unspecified atom stereocenters. The van der Waals surface area contributed by atoms with Gasteiger partial charge in [-0.05, 0) is 65.2 Å².